The van der Waals surface area contributed by atoms with Crippen LogP contribution in [0.2, 0.25) is 0 Å². The van der Waals surface area contributed by atoms with Crippen molar-refractivity contribution >= 4 is 23.5 Å². The molecule has 2 aromatic carbocycles. The molecule has 1 saturated heterocycles. The predicted molar refractivity (Wildman–Crippen MR) is 107 cm³/mol. The van der Waals surface area contributed by atoms with Gasteiger partial charge in [-0.2, -0.15) is 0 Å². The summed E-state index contributed by atoms with van der Waals surface area (Å²) in [4.78, 5) is 27.2. The molecule has 0 radical (unpaired) electrons. The Morgan fingerprint density at radius 2 is 1.74 bits per heavy atom. The summed E-state index contributed by atoms with van der Waals surface area (Å²) >= 11 is 0. The smallest absolute Gasteiger partial charge is 0.310 e. The lowest BCUT2D eigenvalue weighted by Crippen LogP contribution is -2.43. The molecule has 0 saturated carbocycles. The van der Waals surface area contributed by atoms with E-state index in [1.807, 2.05) is 66.7 Å². The number of carbonyl (C=O) groups excluding carboxylic acids is 2. The SMILES string of the molecule is CCOC(=O)C1CCCN(C(=O)C(=Cc2ccccc2)c2ccccc2)C1. The van der Waals surface area contributed by atoms with E-state index in [1.165, 1.54) is 0 Å². The third-order valence-corrected chi connectivity index (χ3v) is 4.75. The quantitative estimate of drug-likeness (QED) is 0.458. The molecule has 0 aromatic heterocycles. The molecule has 27 heavy (non-hydrogen) atoms. The Morgan fingerprint density at radius 3 is 2.41 bits per heavy atom. The van der Waals surface area contributed by atoms with Crippen LogP contribution in [0.4, 0.5) is 0 Å². The van der Waals surface area contributed by atoms with Crippen molar-refractivity contribution < 1.29 is 14.3 Å². The maximum absolute atomic E-state index is 13.3. The number of nitrogens with zero attached hydrogens (tertiary/aromatic N) is 1. The zero-order valence-corrected chi connectivity index (χ0v) is 15.6. The Balaban J connectivity index is 1.87. The molecule has 3 rings (SSSR count). The minimum absolute atomic E-state index is 0.0425. The van der Waals surface area contributed by atoms with Crippen molar-refractivity contribution in [3.63, 3.8) is 0 Å². The van der Waals surface area contributed by atoms with Crippen molar-refractivity contribution in [2.75, 3.05) is 19.7 Å². The fourth-order valence-electron chi connectivity index (χ4n) is 3.39. The maximum atomic E-state index is 13.3. The molecular formula is C23H25NO3. The first-order valence-corrected chi connectivity index (χ1v) is 9.47. The average molecular weight is 363 g/mol. The third-order valence-electron chi connectivity index (χ3n) is 4.75. The van der Waals surface area contributed by atoms with Crippen LogP contribution in [0, 0.1) is 5.92 Å². The van der Waals surface area contributed by atoms with Gasteiger partial charge in [0.1, 0.15) is 0 Å². The van der Waals surface area contributed by atoms with Crippen LogP contribution in [0.5, 0.6) is 0 Å². The molecule has 1 amide bonds. The first-order valence-electron chi connectivity index (χ1n) is 9.47. The lowest BCUT2D eigenvalue weighted by molar-refractivity contribution is -0.150. The molecule has 2 aromatic rings. The van der Waals surface area contributed by atoms with Gasteiger partial charge in [0.25, 0.3) is 5.91 Å². The Labute approximate surface area is 160 Å². The summed E-state index contributed by atoms with van der Waals surface area (Å²) in [6, 6.07) is 19.5. The molecule has 1 aliphatic heterocycles. The molecule has 0 bridgehead atoms. The van der Waals surface area contributed by atoms with E-state index in [4.69, 9.17) is 4.74 Å². The molecule has 140 valence electrons. The first kappa shape index (κ1) is 18.9. The van der Waals surface area contributed by atoms with Gasteiger partial charge in [-0.15, -0.1) is 0 Å². The number of benzene rings is 2. The molecule has 0 N–H and O–H groups in total. The van der Waals surface area contributed by atoms with Crippen molar-refractivity contribution in [3.8, 4) is 0 Å². The van der Waals surface area contributed by atoms with E-state index in [2.05, 4.69) is 0 Å². The fourth-order valence-corrected chi connectivity index (χ4v) is 3.39. The summed E-state index contributed by atoms with van der Waals surface area (Å²) in [7, 11) is 0. The molecular weight excluding hydrogens is 338 g/mol. The number of piperidine rings is 1. The highest BCUT2D eigenvalue weighted by Crippen LogP contribution is 2.25. The Bertz CT molecular complexity index is 799. The van der Waals surface area contributed by atoms with Gasteiger partial charge in [-0.3, -0.25) is 9.59 Å². The van der Waals surface area contributed by atoms with E-state index in [9.17, 15) is 9.59 Å². The van der Waals surface area contributed by atoms with Gasteiger partial charge in [0.2, 0.25) is 0 Å². The fraction of sp³-hybridized carbons (Fsp3) is 0.304. The van der Waals surface area contributed by atoms with Crippen molar-refractivity contribution in [2.45, 2.75) is 19.8 Å². The van der Waals surface area contributed by atoms with Crippen molar-refractivity contribution in [1.82, 2.24) is 4.90 Å². The molecule has 1 unspecified atom stereocenters. The number of hydrogen-bond acceptors (Lipinski definition) is 3. The van der Waals surface area contributed by atoms with Crippen LogP contribution < -0.4 is 0 Å². The summed E-state index contributed by atoms with van der Waals surface area (Å²) in [5, 5.41) is 0. The number of amides is 1. The highest BCUT2D eigenvalue weighted by Gasteiger charge is 2.30. The molecule has 0 spiro atoms. The summed E-state index contributed by atoms with van der Waals surface area (Å²) in [6.07, 6.45) is 3.50. The Morgan fingerprint density at radius 1 is 1.07 bits per heavy atom. The summed E-state index contributed by atoms with van der Waals surface area (Å²) in [6.45, 7) is 3.25. The third kappa shape index (κ3) is 4.85. The summed E-state index contributed by atoms with van der Waals surface area (Å²) in [5.74, 6) is -0.487. The Hall–Kier alpha value is -2.88. The van der Waals surface area contributed by atoms with E-state index in [1.54, 1.807) is 11.8 Å². The number of carbonyl (C=O) groups is 2. The highest BCUT2D eigenvalue weighted by atomic mass is 16.5. The van der Waals surface area contributed by atoms with Gasteiger partial charge in [-0.1, -0.05) is 60.7 Å². The minimum Gasteiger partial charge on any atom is -0.466 e. The highest BCUT2D eigenvalue weighted by molar-refractivity contribution is 6.24. The lowest BCUT2D eigenvalue weighted by Gasteiger charge is -2.32. The van der Waals surface area contributed by atoms with Crippen LogP contribution in [0.15, 0.2) is 60.7 Å². The number of likely N-dealkylation sites (tertiary alicyclic amines) is 1. The summed E-state index contributed by atoms with van der Waals surface area (Å²) in [5.41, 5.74) is 2.50. The molecule has 1 heterocycles. The topological polar surface area (TPSA) is 46.6 Å². The zero-order valence-electron chi connectivity index (χ0n) is 15.6. The molecule has 1 atom stereocenters. The normalized spacial score (nSPS) is 17.4. The first-order chi connectivity index (χ1) is 13.2. The van der Waals surface area contributed by atoms with Crippen LogP contribution in [0.1, 0.15) is 30.9 Å². The molecule has 1 aliphatic rings. The standard InChI is InChI=1S/C23H25NO3/c1-2-27-23(26)20-14-9-15-24(17-20)22(25)21(19-12-7-4-8-13-19)16-18-10-5-3-6-11-18/h3-8,10-13,16,20H,2,9,14-15,17H2,1H3. The number of esters is 1. The average Bonchev–Trinajstić information content (AvgIpc) is 2.73. The second kappa shape index (κ2) is 9.17. The van der Waals surface area contributed by atoms with Gasteiger partial charge in [-0.25, -0.2) is 0 Å². The van der Waals surface area contributed by atoms with Crippen molar-refractivity contribution in [2.24, 2.45) is 5.92 Å². The molecule has 4 heteroatoms. The van der Waals surface area contributed by atoms with E-state index < -0.39 is 0 Å². The molecule has 0 aliphatic carbocycles. The zero-order chi connectivity index (χ0) is 19.1. The van der Waals surface area contributed by atoms with E-state index in [0.29, 0.717) is 25.3 Å². The number of rotatable bonds is 5. The van der Waals surface area contributed by atoms with Crippen LogP contribution in [0.25, 0.3) is 11.6 Å². The lowest BCUT2D eigenvalue weighted by atomic mass is 9.95. The van der Waals surface area contributed by atoms with Gasteiger partial charge in [0.05, 0.1) is 12.5 Å². The minimum atomic E-state index is -0.239. The van der Waals surface area contributed by atoms with Gasteiger partial charge in [0.15, 0.2) is 0 Å². The largest absolute Gasteiger partial charge is 0.466 e. The molecule has 4 nitrogen and oxygen atoms in total. The second-order valence-corrected chi connectivity index (χ2v) is 6.68. The van der Waals surface area contributed by atoms with Crippen LogP contribution >= 0.6 is 0 Å². The van der Waals surface area contributed by atoms with E-state index >= 15 is 0 Å². The predicted octanol–water partition coefficient (Wildman–Crippen LogP) is 4.03. The number of hydrogen-bond donors (Lipinski definition) is 0. The molecule has 1 fully saturated rings. The van der Waals surface area contributed by atoms with Crippen LogP contribution in [0.3, 0.4) is 0 Å². The van der Waals surface area contributed by atoms with Crippen molar-refractivity contribution in [1.29, 1.82) is 0 Å². The van der Waals surface area contributed by atoms with Crippen molar-refractivity contribution in [3.05, 3.63) is 71.8 Å². The van der Waals surface area contributed by atoms with E-state index in [0.717, 1.165) is 24.0 Å². The monoisotopic (exact) mass is 363 g/mol. The second-order valence-electron chi connectivity index (χ2n) is 6.68. The number of ether oxygens (including phenoxy) is 1. The van der Waals surface area contributed by atoms with Gasteiger partial charge >= 0.3 is 5.97 Å². The van der Waals surface area contributed by atoms with Gasteiger partial charge < -0.3 is 9.64 Å². The van der Waals surface area contributed by atoms with Crippen LogP contribution in [-0.2, 0) is 14.3 Å². The van der Waals surface area contributed by atoms with E-state index in [-0.39, 0.29) is 17.8 Å². The maximum Gasteiger partial charge on any atom is 0.310 e. The summed E-state index contributed by atoms with van der Waals surface area (Å²) < 4.78 is 5.16. The Kier molecular flexibility index (Phi) is 6.42. The van der Waals surface area contributed by atoms with Gasteiger partial charge in [0, 0.05) is 18.7 Å². The van der Waals surface area contributed by atoms with Crippen LogP contribution in [-0.4, -0.2) is 36.5 Å². The van der Waals surface area contributed by atoms with Gasteiger partial charge in [-0.05, 0) is 37.0 Å².